The minimum absolute atomic E-state index is 0.866. The Morgan fingerprint density at radius 3 is 2.84 bits per heavy atom. The van der Waals surface area contributed by atoms with Crippen LogP contribution >= 0.6 is 23.3 Å². The number of thioether (sulfide) groups is 1. The molecule has 0 atom stereocenters. The smallest absolute Gasteiger partial charge is 0.134 e. The summed E-state index contributed by atoms with van der Waals surface area (Å²) in [6, 6.07) is 6.58. The van der Waals surface area contributed by atoms with Gasteiger partial charge in [-0.25, -0.2) is 0 Å². The number of aromatic nitrogens is 2. The molecule has 0 amide bonds. The highest BCUT2D eigenvalue weighted by Crippen LogP contribution is 2.28. The van der Waals surface area contributed by atoms with E-state index in [1.807, 2.05) is 11.8 Å². The lowest BCUT2D eigenvalue weighted by Crippen LogP contribution is -2.00. The highest BCUT2D eigenvalue weighted by atomic mass is 32.2. The normalized spacial score (nSPS) is 10.7. The molecule has 0 fully saturated rings. The quantitative estimate of drug-likeness (QED) is 0.807. The van der Waals surface area contributed by atoms with Crippen LogP contribution in [0.3, 0.4) is 0 Å². The number of nitrogens with one attached hydrogen (secondary N) is 1. The largest absolute Gasteiger partial charge is 0.374 e. The van der Waals surface area contributed by atoms with Crippen molar-refractivity contribution in [3.8, 4) is 0 Å². The third-order valence-corrected chi connectivity index (χ3v) is 4.68. The summed E-state index contributed by atoms with van der Waals surface area (Å²) in [6.07, 6.45) is 1.11. The van der Waals surface area contributed by atoms with Gasteiger partial charge >= 0.3 is 0 Å². The average molecular weight is 293 g/mol. The van der Waals surface area contributed by atoms with E-state index in [2.05, 4.69) is 53.9 Å². The molecule has 2 aromatic rings. The Morgan fingerprint density at radius 1 is 1.26 bits per heavy atom. The fourth-order valence-corrected chi connectivity index (χ4v) is 3.26. The van der Waals surface area contributed by atoms with Gasteiger partial charge < -0.3 is 5.32 Å². The predicted octanol–water partition coefficient (Wildman–Crippen LogP) is 4.27. The molecule has 1 N–H and O–H groups in total. The Bertz CT molecular complexity index is 537. The van der Waals surface area contributed by atoms with Gasteiger partial charge in [-0.05, 0) is 43.5 Å². The molecule has 3 nitrogen and oxygen atoms in total. The molecule has 1 aromatic carbocycles. The van der Waals surface area contributed by atoms with E-state index in [-0.39, 0.29) is 0 Å². The SMILES string of the molecule is CCCNc1snnc1CSc1ccc(C)c(C)c1. The third-order valence-electron chi connectivity index (χ3n) is 2.95. The summed E-state index contributed by atoms with van der Waals surface area (Å²) in [7, 11) is 0. The Kier molecular flexibility index (Phi) is 5.22. The number of benzene rings is 1. The summed E-state index contributed by atoms with van der Waals surface area (Å²) >= 11 is 3.26. The van der Waals surface area contributed by atoms with Crippen molar-refractivity contribution in [2.75, 3.05) is 11.9 Å². The molecule has 0 aliphatic carbocycles. The number of rotatable bonds is 6. The molecule has 5 heteroatoms. The minimum Gasteiger partial charge on any atom is -0.374 e. The van der Waals surface area contributed by atoms with Gasteiger partial charge in [-0.1, -0.05) is 17.5 Å². The summed E-state index contributed by atoms with van der Waals surface area (Å²) in [5.74, 6) is 0.866. The maximum absolute atomic E-state index is 4.21. The van der Waals surface area contributed by atoms with Crippen molar-refractivity contribution in [3.05, 3.63) is 35.0 Å². The third kappa shape index (κ3) is 3.94. The Hall–Kier alpha value is -1.07. The topological polar surface area (TPSA) is 37.8 Å². The Morgan fingerprint density at radius 2 is 2.11 bits per heavy atom. The molecular formula is C14H19N3S2. The van der Waals surface area contributed by atoms with E-state index in [0.29, 0.717) is 0 Å². The summed E-state index contributed by atoms with van der Waals surface area (Å²) in [5, 5.41) is 8.70. The molecule has 1 aromatic heterocycles. The molecule has 0 saturated heterocycles. The number of aryl methyl sites for hydroxylation is 2. The zero-order chi connectivity index (χ0) is 13.7. The second kappa shape index (κ2) is 6.91. The number of nitrogens with zero attached hydrogens (tertiary/aromatic N) is 2. The summed E-state index contributed by atoms with van der Waals surface area (Å²) in [6.45, 7) is 7.43. The molecule has 102 valence electrons. The van der Waals surface area contributed by atoms with Crippen LogP contribution in [0, 0.1) is 13.8 Å². The van der Waals surface area contributed by atoms with Crippen molar-refractivity contribution in [1.82, 2.24) is 9.59 Å². The fraction of sp³-hybridized carbons (Fsp3) is 0.429. The lowest BCUT2D eigenvalue weighted by Gasteiger charge is -2.05. The van der Waals surface area contributed by atoms with E-state index < -0.39 is 0 Å². The standard InChI is InChI=1S/C14H19N3S2/c1-4-7-15-14-13(16-17-19-14)9-18-12-6-5-10(2)11(3)8-12/h5-6,8,15H,4,7,9H2,1-3H3. The van der Waals surface area contributed by atoms with Gasteiger partial charge in [0.1, 0.15) is 10.7 Å². The molecule has 0 saturated carbocycles. The van der Waals surface area contributed by atoms with Crippen molar-refractivity contribution < 1.29 is 0 Å². The van der Waals surface area contributed by atoms with Gasteiger partial charge in [0, 0.05) is 28.7 Å². The molecule has 0 radical (unpaired) electrons. The molecule has 0 unspecified atom stereocenters. The van der Waals surface area contributed by atoms with Crippen molar-refractivity contribution in [3.63, 3.8) is 0 Å². The van der Waals surface area contributed by atoms with E-state index in [1.165, 1.54) is 27.6 Å². The van der Waals surface area contributed by atoms with Gasteiger partial charge in [-0.15, -0.1) is 16.9 Å². The van der Waals surface area contributed by atoms with Gasteiger partial charge in [0.05, 0.1) is 0 Å². The summed E-state index contributed by atoms with van der Waals surface area (Å²) in [4.78, 5) is 1.29. The van der Waals surface area contributed by atoms with Crippen LogP contribution in [0.15, 0.2) is 23.1 Å². The van der Waals surface area contributed by atoms with E-state index >= 15 is 0 Å². The summed E-state index contributed by atoms with van der Waals surface area (Å²) in [5.41, 5.74) is 3.73. The van der Waals surface area contributed by atoms with Crippen LogP contribution in [0.4, 0.5) is 5.00 Å². The van der Waals surface area contributed by atoms with Gasteiger partial charge in [0.25, 0.3) is 0 Å². The van der Waals surface area contributed by atoms with Crippen LogP contribution in [-0.2, 0) is 5.75 Å². The van der Waals surface area contributed by atoms with Crippen LogP contribution in [0.5, 0.6) is 0 Å². The molecule has 0 aliphatic rings. The van der Waals surface area contributed by atoms with Crippen molar-refractivity contribution in [1.29, 1.82) is 0 Å². The maximum Gasteiger partial charge on any atom is 0.134 e. The molecule has 0 spiro atoms. The molecule has 0 bridgehead atoms. The van der Waals surface area contributed by atoms with E-state index in [9.17, 15) is 0 Å². The average Bonchev–Trinajstić information content (AvgIpc) is 2.85. The van der Waals surface area contributed by atoms with Crippen LogP contribution in [0.1, 0.15) is 30.2 Å². The molecule has 1 heterocycles. The van der Waals surface area contributed by atoms with E-state index in [4.69, 9.17) is 0 Å². The Labute approximate surface area is 123 Å². The lowest BCUT2D eigenvalue weighted by atomic mass is 10.1. The first-order chi connectivity index (χ1) is 9.20. The zero-order valence-electron chi connectivity index (χ0n) is 11.6. The van der Waals surface area contributed by atoms with Crippen LogP contribution < -0.4 is 5.32 Å². The second-order valence-corrected chi connectivity index (χ2v) is 6.31. The first-order valence-corrected chi connectivity index (χ1v) is 8.21. The zero-order valence-corrected chi connectivity index (χ0v) is 13.2. The van der Waals surface area contributed by atoms with Gasteiger partial charge in [0.2, 0.25) is 0 Å². The van der Waals surface area contributed by atoms with Crippen molar-refractivity contribution >= 4 is 28.3 Å². The molecule has 2 rings (SSSR count). The monoisotopic (exact) mass is 293 g/mol. The first-order valence-electron chi connectivity index (χ1n) is 6.46. The van der Waals surface area contributed by atoms with Gasteiger partial charge in [0.15, 0.2) is 0 Å². The molecular weight excluding hydrogens is 274 g/mol. The van der Waals surface area contributed by atoms with Crippen molar-refractivity contribution in [2.45, 2.75) is 37.8 Å². The number of anilines is 1. The number of hydrogen-bond donors (Lipinski definition) is 1. The molecule has 19 heavy (non-hydrogen) atoms. The van der Waals surface area contributed by atoms with Crippen LogP contribution in [0.25, 0.3) is 0 Å². The van der Waals surface area contributed by atoms with E-state index in [0.717, 1.165) is 29.4 Å². The maximum atomic E-state index is 4.21. The lowest BCUT2D eigenvalue weighted by molar-refractivity contribution is 0.976. The highest BCUT2D eigenvalue weighted by Gasteiger charge is 2.08. The molecule has 0 aliphatic heterocycles. The fourth-order valence-electron chi connectivity index (χ4n) is 1.63. The van der Waals surface area contributed by atoms with Gasteiger partial charge in [-0.3, -0.25) is 0 Å². The summed E-state index contributed by atoms with van der Waals surface area (Å²) < 4.78 is 4.03. The highest BCUT2D eigenvalue weighted by molar-refractivity contribution is 7.98. The van der Waals surface area contributed by atoms with Crippen molar-refractivity contribution in [2.24, 2.45) is 0 Å². The van der Waals surface area contributed by atoms with Crippen LogP contribution in [-0.4, -0.2) is 16.1 Å². The Balaban J connectivity index is 1.98. The predicted molar refractivity (Wildman–Crippen MR) is 84.2 cm³/mol. The second-order valence-electron chi connectivity index (χ2n) is 4.51. The first kappa shape index (κ1) is 14.3. The van der Waals surface area contributed by atoms with Crippen LogP contribution in [0.2, 0.25) is 0 Å². The van der Waals surface area contributed by atoms with Gasteiger partial charge in [-0.2, -0.15) is 0 Å². The minimum atomic E-state index is 0.866. The number of hydrogen-bond acceptors (Lipinski definition) is 5. The van der Waals surface area contributed by atoms with E-state index in [1.54, 1.807) is 0 Å².